The van der Waals surface area contributed by atoms with Crippen LogP contribution in [0.15, 0.2) is 0 Å². The van der Waals surface area contributed by atoms with E-state index in [9.17, 15) is 9.90 Å². The van der Waals surface area contributed by atoms with Crippen LogP contribution in [0.4, 0.5) is 0 Å². The molecule has 0 aromatic rings. The zero-order chi connectivity index (χ0) is 7.72. The molecule has 1 saturated heterocycles. The second-order valence-corrected chi connectivity index (χ2v) is 2.75. The number of hydrogen-bond acceptors (Lipinski definition) is 2. The Bertz CT molecular complexity index is 145. The predicted octanol–water partition coefficient (Wildman–Crippen LogP) is 0.426. The molecule has 0 spiro atoms. The number of ketones is 1. The Morgan fingerprint density at radius 2 is 2.30 bits per heavy atom. The summed E-state index contributed by atoms with van der Waals surface area (Å²) in [5.74, 6) is 0.119. The Balaban J connectivity index is 2.43. The van der Waals surface area contributed by atoms with Crippen LogP contribution in [0.25, 0.3) is 0 Å². The first-order valence-electron chi connectivity index (χ1n) is 3.55. The van der Waals surface area contributed by atoms with Crippen molar-refractivity contribution in [1.82, 2.24) is 4.90 Å². The lowest BCUT2D eigenvalue weighted by Gasteiger charge is -2.40. The molecule has 3 heteroatoms. The number of likely N-dealkylation sites (tertiary alicyclic amines) is 1. The summed E-state index contributed by atoms with van der Waals surface area (Å²) >= 11 is 0. The van der Waals surface area contributed by atoms with Gasteiger partial charge < -0.3 is 0 Å². The lowest BCUT2D eigenvalue weighted by molar-refractivity contribution is -0.142. The normalized spacial score (nSPS) is 29.3. The summed E-state index contributed by atoms with van der Waals surface area (Å²) in [4.78, 5) is 12.4. The van der Waals surface area contributed by atoms with Crippen LogP contribution >= 0.6 is 0 Å². The molecule has 3 nitrogen and oxygen atoms in total. The number of nitrogens with zero attached hydrogens (tertiary/aromatic N) is 1. The predicted molar refractivity (Wildman–Crippen MR) is 35.9 cm³/mol. The van der Waals surface area contributed by atoms with Gasteiger partial charge in [-0.15, -0.1) is 0 Å². The van der Waals surface area contributed by atoms with E-state index in [0.717, 1.165) is 13.0 Å². The van der Waals surface area contributed by atoms with Crippen molar-refractivity contribution >= 4 is 5.78 Å². The maximum absolute atomic E-state index is 10.8. The van der Waals surface area contributed by atoms with Crippen LogP contribution in [0.3, 0.4) is 0 Å². The third kappa shape index (κ3) is 1.20. The van der Waals surface area contributed by atoms with Gasteiger partial charge in [0.2, 0.25) is 0 Å². The summed E-state index contributed by atoms with van der Waals surface area (Å²) in [5.41, 5.74) is 0. The van der Waals surface area contributed by atoms with E-state index in [4.69, 9.17) is 0 Å². The van der Waals surface area contributed by atoms with Crippen LogP contribution in [-0.4, -0.2) is 29.5 Å². The lowest BCUT2D eigenvalue weighted by atomic mass is 9.99. The first-order valence-corrected chi connectivity index (χ1v) is 3.55. The van der Waals surface area contributed by atoms with Gasteiger partial charge >= 0.3 is 0 Å². The second-order valence-electron chi connectivity index (χ2n) is 2.75. The number of carbonyl (C=O) groups is 1. The molecule has 1 radical (unpaired) electrons. The molecule has 0 amide bonds. The highest BCUT2D eigenvalue weighted by atomic mass is 16.3. The van der Waals surface area contributed by atoms with Gasteiger partial charge in [-0.2, -0.15) is 0 Å². The van der Waals surface area contributed by atoms with Crippen LogP contribution in [0, 0.1) is 0 Å². The van der Waals surface area contributed by atoms with Gasteiger partial charge in [0.1, 0.15) is 12.0 Å². The Morgan fingerprint density at radius 3 is 2.40 bits per heavy atom. The topological polar surface area (TPSA) is 40.2 Å². The van der Waals surface area contributed by atoms with Gasteiger partial charge in [-0.25, -0.2) is 5.11 Å². The highest BCUT2D eigenvalue weighted by Gasteiger charge is 2.34. The maximum atomic E-state index is 10.8. The van der Waals surface area contributed by atoms with Gasteiger partial charge in [0, 0.05) is 6.54 Å². The molecule has 1 heterocycles. The summed E-state index contributed by atoms with van der Waals surface area (Å²) < 4.78 is 0. The highest BCUT2D eigenvalue weighted by Crippen LogP contribution is 2.19. The Labute approximate surface area is 60.6 Å². The summed E-state index contributed by atoms with van der Waals surface area (Å²) in [6.07, 6.45) is 0.143. The number of hydrogen-bond donors (Lipinski definition) is 0. The smallest absolute Gasteiger partial charge is 0.147 e. The van der Waals surface area contributed by atoms with Crippen molar-refractivity contribution in [3.05, 3.63) is 0 Å². The van der Waals surface area contributed by atoms with E-state index in [1.807, 2.05) is 0 Å². The van der Waals surface area contributed by atoms with Crippen molar-refractivity contribution in [2.45, 2.75) is 32.5 Å². The van der Waals surface area contributed by atoms with E-state index in [1.54, 1.807) is 18.7 Å². The van der Waals surface area contributed by atoms with Crippen LogP contribution in [0.5, 0.6) is 0 Å². The van der Waals surface area contributed by atoms with Crippen molar-refractivity contribution in [2.75, 3.05) is 6.54 Å². The van der Waals surface area contributed by atoms with E-state index in [1.165, 1.54) is 0 Å². The molecule has 1 aliphatic rings. The zero-order valence-electron chi connectivity index (χ0n) is 6.33. The number of rotatable bonds is 2. The van der Waals surface area contributed by atoms with Crippen LogP contribution in [0.2, 0.25) is 0 Å². The van der Waals surface area contributed by atoms with Gasteiger partial charge in [0.25, 0.3) is 0 Å². The molecule has 0 bridgehead atoms. The van der Waals surface area contributed by atoms with E-state index in [0.29, 0.717) is 0 Å². The minimum Gasteiger partial charge on any atom is -0.298 e. The summed E-state index contributed by atoms with van der Waals surface area (Å²) in [6.45, 7) is 3.91. The quantitative estimate of drug-likeness (QED) is 0.560. The summed E-state index contributed by atoms with van der Waals surface area (Å²) in [6, 6.07) is -0.0764. The van der Waals surface area contributed by atoms with Crippen molar-refractivity contribution in [2.24, 2.45) is 0 Å². The molecule has 1 fully saturated rings. The SMILES string of the molecule is CC(=O)C1CCN1C(C)[O]. The molecule has 0 aromatic carbocycles. The minimum absolute atomic E-state index is 0.0764. The number of Topliss-reactive ketones (excluding diaryl/α,β-unsaturated/α-hetero) is 1. The lowest BCUT2D eigenvalue weighted by Crippen LogP contribution is -2.55. The monoisotopic (exact) mass is 142 g/mol. The fraction of sp³-hybridized carbons (Fsp3) is 0.857. The fourth-order valence-corrected chi connectivity index (χ4v) is 1.28. The third-order valence-electron chi connectivity index (χ3n) is 2.00. The van der Waals surface area contributed by atoms with Gasteiger partial charge in [0.15, 0.2) is 0 Å². The molecule has 1 aliphatic heterocycles. The largest absolute Gasteiger partial charge is 0.298 e. The first-order chi connectivity index (χ1) is 4.63. The maximum Gasteiger partial charge on any atom is 0.147 e. The second kappa shape index (κ2) is 2.68. The van der Waals surface area contributed by atoms with E-state index in [-0.39, 0.29) is 11.8 Å². The molecule has 0 aromatic heterocycles. The van der Waals surface area contributed by atoms with Crippen LogP contribution in [0.1, 0.15) is 20.3 Å². The molecule has 57 valence electrons. The van der Waals surface area contributed by atoms with Crippen LogP contribution in [-0.2, 0) is 9.90 Å². The van der Waals surface area contributed by atoms with Crippen LogP contribution < -0.4 is 0 Å². The van der Waals surface area contributed by atoms with E-state index >= 15 is 0 Å². The molecule has 0 saturated carbocycles. The van der Waals surface area contributed by atoms with Gasteiger partial charge in [-0.05, 0) is 20.3 Å². The molecule has 0 aliphatic carbocycles. The van der Waals surface area contributed by atoms with Crippen molar-refractivity contribution in [3.63, 3.8) is 0 Å². The average molecular weight is 142 g/mol. The Kier molecular flexibility index (Phi) is 2.06. The zero-order valence-corrected chi connectivity index (χ0v) is 6.33. The summed E-state index contributed by atoms with van der Waals surface area (Å²) in [7, 11) is 0. The fourth-order valence-electron chi connectivity index (χ4n) is 1.28. The third-order valence-corrected chi connectivity index (χ3v) is 2.00. The minimum atomic E-state index is -0.720. The van der Waals surface area contributed by atoms with E-state index in [2.05, 4.69) is 0 Å². The molecule has 10 heavy (non-hydrogen) atoms. The van der Waals surface area contributed by atoms with Crippen molar-refractivity contribution in [1.29, 1.82) is 0 Å². The Hall–Kier alpha value is -0.410. The molecular weight excluding hydrogens is 130 g/mol. The van der Waals surface area contributed by atoms with Gasteiger partial charge in [-0.3, -0.25) is 9.69 Å². The van der Waals surface area contributed by atoms with Gasteiger partial charge in [0.05, 0.1) is 6.04 Å². The molecule has 0 N–H and O–H groups in total. The summed E-state index contributed by atoms with van der Waals surface area (Å²) in [5, 5.41) is 10.8. The molecule has 1 rings (SSSR count). The van der Waals surface area contributed by atoms with Gasteiger partial charge in [-0.1, -0.05) is 0 Å². The van der Waals surface area contributed by atoms with Crippen molar-refractivity contribution < 1.29 is 9.90 Å². The molecular formula is C7H12NO2. The molecule has 2 atom stereocenters. The van der Waals surface area contributed by atoms with Crippen molar-refractivity contribution in [3.8, 4) is 0 Å². The Morgan fingerprint density at radius 1 is 1.70 bits per heavy atom. The molecule has 2 unspecified atom stereocenters. The first kappa shape index (κ1) is 7.69. The van der Waals surface area contributed by atoms with E-state index < -0.39 is 6.23 Å². The number of carbonyl (C=O) groups excluding carboxylic acids is 1. The average Bonchev–Trinajstić information content (AvgIpc) is 1.56. The standard InChI is InChI=1S/C7H12NO2/c1-5(9)7-3-4-8(7)6(2)10/h6-7H,3-4H2,1-2H3. The highest BCUT2D eigenvalue weighted by molar-refractivity contribution is 5.82.